The van der Waals surface area contributed by atoms with Crippen LogP contribution in [0, 0.1) is 0 Å². The van der Waals surface area contributed by atoms with E-state index in [1.165, 1.54) is 11.0 Å². The second-order valence-corrected chi connectivity index (χ2v) is 6.50. The summed E-state index contributed by atoms with van der Waals surface area (Å²) in [5, 5.41) is 14.0. The van der Waals surface area contributed by atoms with Crippen LogP contribution in [0.4, 0.5) is 16.2 Å². The molecule has 0 aliphatic heterocycles. The molecule has 0 fully saturated rings. The molecule has 0 aromatic heterocycles. The van der Waals surface area contributed by atoms with Gasteiger partial charge in [0, 0.05) is 27.0 Å². The molecule has 0 unspecified atom stereocenters. The Kier molecular flexibility index (Phi) is 5.66. The number of phenolic OH excluding ortho intramolecular Hbond substituents is 1. The number of rotatable bonds is 4. The molecule has 0 aliphatic rings. The van der Waals surface area contributed by atoms with Crippen LogP contribution in [0.1, 0.15) is 5.56 Å². The third kappa shape index (κ3) is 4.48. The normalized spacial score (nSPS) is 10.4. The van der Waals surface area contributed by atoms with E-state index >= 15 is 0 Å². The Morgan fingerprint density at radius 2 is 1.58 bits per heavy atom. The van der Waals surface area contributed by atoms with Crippen LogP contribution < -0.4 is 10.2 Å². The second-order valence-electron chi connectivity index (χ2n) is 5.63. The van der Waals surface area contributed by atoms with E-state index in [1.54, 1.807) is 48.5 Å². The molecule has 26 heavy (non-hydrogen) atoms. The molecule has 0 bridgehead atoms. The van der Waals surface area contributed by atoms with Crippen LogP contribution in [0.15, 0.2) is 72.8 Å². The molecule has 3 rings (SSSR count). The first-order chi connectivity index (χ1) is 12.5. The predicted octanol–water partition coefficient (Wildman–Crippen LogP) is 5.94. The molecule has 0 aliphatic carbocycles. The first-order valence-corrected chi connectivity index (χ1v) is 8.65. The second kappa shape index (κ2) is 8.13. The van der Waals surface area contributed by atoms with Gasteiger partial charge in [-0.15, -0.1) is 0 Å². The number of anilines is 2. The van der Waals surface area contributed by atoms with E-state index in [2.05, 4.69) is 5.32 Å². The molecular formula is C20H16Cl2N2O2. The fourth-order valence-corrected chi connectivity index (χ4v) is 2.79. The third-order valence-corrected chi connectivity index (χ3v) is 4.27. The van der Waals surface area contributed by atoms with Crippen LogP contribution in [0.3, 0.4) is 0 Å². The molecule has 2 N–H and O–H groups in total. The summed E-state index contributed by atoms with van der Waals surface area (Å²) in [4.78, 5) is 14.4. The van der Waals surface area contributed by atoms with E-state index in [0.717, 1.165) is 0 Å². The van der Waals surface area contributed by atoms with Crippen molar-refractivity contribution >= 4 is 40.6 Å². The van der Waals surface area contributed by atoms with Crippen molar-refractivity contribution in [2.45, 2.75) is 6.54 Å². The molecule has 0 saturated heterocycles. The summed E-state index contributed by atoms with van der Waals surface area (Å²) >= 11 is 12.0. The molecule has 4 nitrogen and oxygen atoms in total. The summed E-state index contributed by atoms with van der Waals surface area (Å²) in [5.74, 6) is 0.0703. The molecule has 132 valence electrons. The largest absolute Gasteiger partial charge is 0.508 e. The van der Waals surface area contributed by atoms with E-state index in [9.17, 15) is 9.90 Å². The van der Waals surface area contributed by atoms with Crippen molar-refractivity contribution < 1.29 is 9.90 Å². The zero-order chi connectivity index (χ0) is 18.5. The molecule has 0 heterocycles. The monoisotopic (exact) mass is 386 g/mol. The van der Waals surface area contributed by atoms with Gasteiger partial charge in [0.05, 0.1) is 6.54 Å². The lowest BCUT2D eigenvalue weighted by molar-refractivity contribution is 0.256. The Morgan fingerprint density at radius 3 is 2.27 bits per heavy atom. The number of para-hydroxylation sites is 1. The van der Waals surface area contributed by atoms with Crippen molar-refractivity contribution in [2.75, 3.05) is 10.2 Å². The molecular weight excluding hydrogens is 371 g/mol. The lowest BCUT2D eigenvalue weighted by atomic mass is 10.1. The highest BCUT2D eigenvalue weighted by Crippen LogP contribution is 2.27. The third-order valence-electron chi connectivity index (χ3n) is 3.78. The molecule has 3 aromatic rings. The van der Waals surface area contributed by atoms with E-state index in [-0.39, 0.29) is 18.3 Å². The van der Waals surface area contributed by atoms with Crippen LogP contribution >= 0.6 is 23.2 Å². The minimum Gasteiger partial charge on any atom is -0.508 e. The molecule has 6 heteroatoms. The average Bonchev–Trinajstić information content (AvgIpc) is 2.64. The lowest BCUT2D eigenvalue weighted by Crippen LogP contribution is -2.34. The number of hydrogen-bond acceptors (Lipinski definition) is 2. The van der Waals surface area contributed by atoms with Crippen LogP contribution in [0.25, 0.3) is 0 Å². The summed E-state index contributed by atoms with van der Waals surface area (Å²) in [6, 6.07) is 20.5. The summed E-state index contributed by atoms with van der Waals surface area (Å²) in [6.07, 6.45) is 0. The number of hydrogen-bond donors (Lipinski definition) is 2. The SMILES string of the molecule is O=C(Nc1ccccc1)N(Cc1cc(Cl)ccc1O)c1ccc(Cl)cc1. The average molecular weight is 387 g/mol. The zero-order valence-corrected chi connectivity index (χ0v) is 15.2. The predicted molar refractivity (Wildman–Crippen MR) is 106 cm³/mol. The van der Waals surface area contributed by atoms with Crippen molar-refractivity contribution in [1.29, 1.82) is 0 Å². The molecule has 0 radical (unpaired) electrons. The molecule has 3 aromatic carbocycles. The summed E-state index contributed by atoms with van der Waals surface area (Å²) < 4.78 is 0. The molecule has 2 amide bonds. The molecule has 0 spiro atoms. The van der Waals surface area contributed by atoms with Gasteiger partial charge in [-0.2, -0.15) is 0 Å². The lowest BCUT2D eigenvalue weighted by Gasteiger charge is -2.24. The van der Waals surface area contributed by atoms with Gasteiger partial charge >= 0.3 is 6.03 Å². The maximum absolute atomic E-state index is 12.9. The first-order valence-electron chi connectivity index (χ1n) is 7.89. The highest BCUT2D eigenvalue weighted by molar-refractivity contribution is 6.31. The van der Waals surface area contributed by atoms with Crippen LogP contribution in [-0.2, 0) is 6.54 Å². The number of phenols is 1. The highest BCUT2D eigenvalue weighted by Gasteiger charge is 2.18. The van der Waals surface area contributed by atoms with Gasteiger partial charge < -0.3 is 10.4 Å². The molecule has 0 atom stereocenters. The summed E-state index contributed by atoms with van der Waals surface area (Å²) in [7, 11) is 0. The quantitative estimate of drug-likeness (QED) is 0.582. The van der Waals surface area contributed by atoms with E-state index in [1.807, 2.05) is 18.2 Å². The van der Waals surface area contributed by atoms with E-state index < -0.39 is 0 Å². The number of carbonyl (C=O) groups is 1. The van der Waals surface area contributed by atoms with Gasteiger partial charge in [0.2, 0.25) is 0 Å². The first kappa shape index (κ1) is 18.1. The van der Waals surface area contributed by atoms with Crippen molar-refractivity contribution in [3.05, 3.63) is 88.4 Å². The number of nitrogens with one attached hydrogen (secondary N) is 1. The standard InChI is InChI=1S/C20H16Cl2N2O2/c21-15-6-9-18(10-7-15)24(13-14-12-16(22)8-11-19(14)25)20(26)23-17-4-2-1-3-5-17/h1-12,25H,13H2,(H,23,26). The van der Waals surface area contributed by atoms with Crippen molar-refractivity contribution in [2.24, 2.45) is 0 Å². The highest BCUT2D eigenvalue weighted by atomic mass is 35.5. The van der Waals surface area contributed by atoms with Crippen LogP contribution in [0.5, 0.6) is 5.75 Å². The van der Waals surface area contributed by atoms with Gasteiger partial charge in [0.25, 0.3) is 0 Å². The van der Waals surface area contributed by atoms with Crippen LogP contribution in [-0.4, -0.2) is 11.1 Å². The Labute approximate surface area is 161 Å². The Bertz CT molecular complexity index is 899. The maximum atomic E-state index is 12.9. The number of halogens is 2. The minimum absolute atomic E-state index is 0.0703. The van der Waals surface area contributed by atoms with Crippen molar-refractivity contribution in [3.63, 3.8) is 0 Å². The number of urea groups is 1. The molecule has 0 saturated carbocycles. The van der Waals surface area contributed by atoms with Gasteiger partial charge in [0.1, 0.15) is 5.75 Å². The van der Waals surface area contributed by atoms with Gasteiger partial charge in [-0.25, -0.2) is 4.79 Å². The van der Waals surface area contributed by atoms with Gasteiger partial charge in [-0.05, 0) is 54.6 Å². The smallest absolute Gasteiger partial charge is 0.326 e. The van der Waals surface area contributed by atoms with Crippen molar-refractivity contribution in [3.8, 4) is 5.75 Å². The van der Waals surface area contributed by atoms with Gasteiger partial charge in [-0.3, -0.25) is 4.90 Å². The Hall–Kier alpha value is -2.69. The number of carbonyl (C=O) groups excluding carboxylic acids is 1. The van der Waals surface area contributed by atoms with Crippen molar-refractivity contribution in [1.82, 2.24) is 0 Å². The van der Waals surface area contributed by atoms with E-state index in [0.29, 0.717) is 27.0 Å². The summed E-state index contributed by atoms with van der Waals surface area (Å²) in [5.41, 5.74) is 1.85. The van der Waals surface area contributed by atoms with E-state index in [4.69, 9.17) is 23.2 Å². The number of amides is 2. The number of benzene rings is 3. The van der Waals surface area contributed by atoms with Gasteiger partial charge in [0.15, 0.2) is 0 Å². The minimum atomic E-state index is -0.335. The topological polar surface area (TPSA) is 52.6 Å². The van der Waals surface area contributed by atoms with Crippen LogP contribution in [0.2, 0.25) is 10.0 Å². The fourth-order valence-electron chi connectivity index (χ4n) is 2.46. The fraction of sp³-hybridized carbons (Fsp3) is 0.0500. The maximum Gasteiger partial charge on any atom is 0.326 e. The zero-order valence-electron chi connectivity index (χ0n) is 13.7. The number of aromatic hydroxyl groups is 1. The Balaban J connectivity index is 1.92. The number of nitrogens with zero attached hydrogens (tertiary/aromatic N) is 1. The summed E-state index contributed by atoms with van der Waals surface area (Å²) in [6.45, 7) is 0.146. The Morgan fingerprint density at radius 1 is 0.923 bits per heavy atom. The van der Waals surface area contributed by atoms with Gasteiger partial charge in [-0.1, -0.05) is 41.4 Å².